The lowest BCUT2D eigenvalue weighted by atomic mass is 10.0. The number of esters is 1. The van der Waals surface area contributed by atoms with E-state index in [-0.39, 0.29) is 31.2 Å². The van der Waals surface area contributed by atoms with Gasteiger partial charge in [-0.25, -0.2) is 4.79 Å². The third kappa shape index (κ3) is 7.40. The van der Waals surface area contributed by atoms with Gasteiger partial charge in [-0.2, -0.15) is 0 Å². The number of carboxylic acid groups (broad SMARTS) is 1. The van der Waals surface area contributed by atoms with Gasteiger partial charge in [0.2, 0.25) is 5.91 Å². The number of ether oxygens (including phenoxy) is 1. The van der Waals surface area contributed by atoms with E-state index in [0.29, 0.717) is 0 Å². The Morgan fingerprint density at radius 2 is 1.89 bits per heavy atom. The number of nitrogens with two attached hydrogens (primary N) is 1. The molecule has 4 N–H and O–H groups in total. The predicted octanol–water partition coefficient (Wildman–Crippen LogP) is -0.118. The van der Waals surface area contributed by atoms with E-state index >= 15 is 0 Å². The molecule has 2 atom stereocenters. The Labute approximate surface area is 112 Å². The van der Waals surface area contributed by atoms with Gasteiger partial charge in [-0.05, 0) is 12.3 Å². The molecule has 0 heterocycles. The van der Waals surface area contributed by atoms with Crippen LogP contribution in [0.3, 0.4) is 0 Å². The Kier molecular flexibility index (Phi) is 7.74. The van der Waals surface area contributed by atoms with Crippen molar-refractivity contribution in [3.8, 4) is 0 Å². The van der Waals surface area contributed by atoms with Crippen LogP contribution < -0.4 is 11.1 Å². The van der Waals surface area contributed by atoms with Crippen molar-refractivity contribution in [2.24, 2.45) is 11.7 Å². The van der Waals surface area contributed by atoms with Gasteiger partial charge < -0.3 is 20.9 Å². The molecule has 0 aliphatic heterocycles. The molecule has 1 amide bonds. The molecule has 7 nitrogen and oxygen atoms in total. The van der Waals surface area contributed by atoms with Crippen LogP contribution in [0.5, 0.6) is 0 Å². The normalized spacial score (nSPS) is 13.7. The van der Waals surface area contributed by atoms with E-state index in [0.717, 1.165) is 0 Å². The second-order valence-electron chi connectivity index (χ2n) is 4.69. The number of hydrogen-bond donors (Lipinski definition) is 3. The summed E-state index contributed by atoms with van der Waals surface area (Å²) in [6, 6.07) is -1.43. The van der Waals surface area contributed by atoms with E-state index in [1.807, 2.05) is 13.8 Å². The Balaban J connectivity index is 4.30. The van der Waals surface area contributed by atoms with Gasteiger partial charge in [0.05, 0.1) is 7.11 Å². The van der Waals surface area contributed by atoms with Crippen LogP contribution in [0.2, 0.25) is 0 Å². The molecular weight excluding hydrogens is 252 g/mol. The van der Waals surface area contributed by atoms with Crippen LogP contribution >= 0.6 is 0 Å². The first-order chi connectivity index (χ1) is 8.77. The maximum absolute atomic E-state index is 11.6. The van der Waals surface area contributed by atoms with Gasteiger partial charge in [0.1, 0.15) is 6.04 Å². The summed E-state index contributed by atoms with van der Waals surface area (Å²) in [5, 5.41) is 11.3. The number of rotatable bonds is 8. The Bertz CT molecular complexity index is 330. The van der Waals surface area contributed by atoms with Gasteiger partial charge >= 0.3 is 11.9 Å². The molecule has 0 saturated heterocycles. The van der Waals surface area contributed by atoms with Crippen molar-refractivity contribution in [3.05, 3.63) is 0 Å². The van der Waals surface area contributed by atoms with Crippen molar-refractivity contribution in [2.75, 3.05) is 7.11 Å². The Hall–Kier alpha value is -1.63. The first-order valence-electron chi connectivity index (χ1n) is 6.12. The average Bonchev–Trinajstić information content (AvgIpc) is 2.33. The van der Waals surface area contributed by atoms with Crippen molar-refractivity contribution < 1.29 is 24.2 Å². The standard InChI is InChI=1S/C12H22N2O5/c1-7(2)8(13)6-10(15)14-9(12(17)18)4-5-11(16)19-3/h7-9H,4-6,13H2,1-3H3,(H,14,15)(H,17,18). The maximum atomic E-state index is 11.6. The molecule has 0 fully saturated rings. The molecule has 0 radical (unpaired) electrons. The number of aliphatic carboxylic acids is 1. The SMILES string of the molecule is COC(=O)CCC(NC(=O)CC(N)C(C)C)C(=O)O. The van der Waals surface area contributed by atoms with E-state index in [2.05, 4.69) is 10.1 Å². The lowest BCUT2D eigenvalue weighted by Gasteiger charge is -2.18. The highest BCUT2D eigenvalue weighted by molar-refractivity contribution is 5.84. The Morgan fingerprint density at radius 1 is 1.32 bits per heavy atom. The van der Waals surface area contributed by atoms with Gasteiger partial charge in [-0.1, -0.05) is 13.8 Å². The zero-order chi connectivity index (χ0) is 15.0. The quantitative estimate of drug-likeness (QED) is 0.531. The van der Waals surface area contributed by atoms with Crippen LogP contribution in [0.4, 0.5) is 0 Å². The van der Waals surface area contributed by atoms with E-state index < -0.39 is 23.9 Å². The van der Waals surface area contributed by atoms with Gasteiger partial charge in [0.25, 0.3) is 0 Å². The lowest BCUT2D eigenvalue weighted by molar-refractivity contribution is -0.144. The number of methoxy groups -OCH3 is 1. The van der Waals surface area contributed by atoms with Crippen molar-refractivity contribution in [3.63, 3.8) is 0 Å². The highest BCUT2D eigenvalue weighted by Crippen LogP contribution is 2.04. The number of amides is 1. The van der Waals surface area contributed by atoms with Crippen LogP contribution in [-0.4, -0.2) is 42.1 Å². The minimum atomic E-state index is -1.18. The summed E-state index contributed by atoms with van der Waals surface area (Å²) >= 11 is 0. The topological polar surface area (TPSA) is 119 Å². The molecule has 110 valence electrons. The fourth-order valence-electron chi connectivity index (χ4n) is 1.32. The largest absolute Gasteiger partial charge is 0.480 e. The van der Waals surface area contributed by atoms with Crippen molar-refractivity contribution in [1.29, 1.82) is 0 Å². The number of hydrogen-bond acceptors (Lipinski definition) is 5. The monoisotopic (exact) mass is 274 g/mol. The van der Waals surface area contributed by atoms with E-state index in [1.54, 1.807) is 0 Å². The predicted molar refractivity (Wildman–Crippen MR) is 68.2 cm³/mol. The number of carbonyl (C=O) groups is 3. The summed E-state index contributed by atoms with van der Waals surface area (Å²) < 4.78 is 4.42. The molecule has 0 aliphatic rings. The van der Waals surface area contributed by atoms with Crippen molar-refractivity contribution >= 4 is 17.8 Å². The molecule has 7 heteroatoms. The summed E-state index contributed by atoms with van der Waals surface area (Å²) in [6.45, 7) is 3.76. The van der Waals surface area contributed by atoms with Crippen LogP contribution in [-0.2, 0) is 19.1 Å². The van der Waals surface area contributed by atoms with Gasteiger partial charge in [-0.3, -0.25) is 9.59 Å². The summed E-state index contributed by atoms with van der Waals surface area (Å²) in [4.78, 5) is 33.5. The molecule has 0 saturated carbocycles. The molecule has 0 aromatic carbocycles. The summed E-state index contributed by atoms with van der Waals surface area (Å²) in [7, 11) is 1.22. The lowest BCUT2D eigenvalue weighted by Crippen LogP contribution is -2.44. The van der Waals surface area contributed by atoms with Gasteiger partial charge in [0, 0.05) is 18.9 Å². The van der Waals surface area contributed by atoms with Gasteiger partial charge in [0.15, 0.2) is 0 Å². The average molecular weight is 274 g/mol. The first-order valence-corrected chi connectivity index (χ1v) is 6.12. The number of carboxylic acids is 1. The first kappa shape index (κ1) is 17.4. The van der Waals surface area contributed by atoms with Gasteiger partial charge in [-0.15, -0.1) is 0 Å². The molecule has 0 aliphatic carbocycles. The molecule has 0 bridgehead atoms. The minimum Gasteiger partial charge on any atom is -0.480 e. The summed E-state index contributed by atoms with van der Waals surface area (Å²) in [5.41, 5.74) is 5.73. The highest BCUT2D eigenvalue weighted by atomic mass is 16.5. The molecule has 19 heavy (non-hydrogen) atoms. The highest BCUT2D eigenvalue weighted by Gasteiger charge is 2.22. The number of carbonyl (C=O) groups excluding carboxylic acids is 2. The summed E-state index contributed by atoms with van der Waals surface area (Å²) in [5.74, 6) is -2.00. The van der Waals surface area contributed by atoms with Crippen LogP contribution in [0.15, 0.2) is 0 Å². The Morgan fingerprint density at radius 3 is 2.32 bits per heavy atom. The van der Waals surface area contributed by atoms with Crippen LogP contribution in [0, 0.1) is 5.92 Å². The third-order valence-corrected chi connectivity index (χ3v) is 2.78. The summed E-state index contributed by atoms with van der Waals surface area (Å²) in [6.07, 6.45) is -0.0195. The second-order valence-corrected chi connectivity index (χ2v) is 4.69. The zero-order valence-corrected chi connectivity index (χ0v) is 11.5. The molecule has 0 rings (SSSR count). The maximum Gasteiger partial charge on any atom is 0.326 e. The molecule has 2 unspecified atom stereocenters. The number of nitrogens with one attached hydrogen (secondary N) is 1. The molecule has 0 aromatic rings. The van der Waals surface area contributed by atoms with E-state index in [1.165, 1.54) is 7.11 Å². The van der Waals surface area contributed by atoms with E-state index in [4.69, 9.17) is 10.8 Å². The van der Waals surface area contributed by atoms with Crippen LogP contribution in [0.1, 0.15) is 33.1 Å². The minimum absolute atomic E-state index is 0.00926. The van der Waals surface area contributed by atoms with E-state index in [9.17, 15) is 14.4 Å². The van der Waals surface area contributed by atoms with Crippen LogP contribution in [0.25, 0.3) is 0 Å². The fraction of sp³-hybridized carbons (Fsp3) is 0.750. The molecular formula is C12H22N2O5. The smallest absolute Gasteiger partial charge is 0.326 e. The second kappa shape index (κ2) is 8.47. The zero-order valence-electron chi connectivity index (χ0n) is 11.5. The van der Waals surface area contributed by atoms with Crippen molar-refractivity contribution in [1.82, 2.24) is 5.32 Å². The molecule has 0 spiro atoms. The van der Waals surface area contributed by atoms with Crippen molar-refractivity contribution in [2.45, 2.75) is 45.2 Å². The molecule has 0 aromatic heterocycles. The fourth-order valence-corrected chi connectivity index (χ4v) is 1.32. The third-order valence-electron chi connectivity index (χ3n) is 2.78.